The molecule has 0 aliphatic carbocycles. The molecule has 0 aromatic heterocycles. The fourth-order valence-corrected chi connectivity index (χ4v) is 3.47. The lowest BCUT2D eigenvalue weighted by Gasteiger charge is -2.36. The number of benzene rings is 1. The molecule has 1 N–H and O–H groups in total. The Hall–Kier alpha value is 0.300. The van der Waals surface area contributed by atoms with Crippen molar-refractivity contribution >= 4 is 48.0 Å². The van der Waals surface area contributed by atoms with E-state index >= 15 is 0 Å². The van der Waals surface area contributed by atoms with Gasteiger partial charge in [0.25, 0.3) is 0 Å². The SMILES string of the molecule is CC(C)CC[C@H](c1c(Cl)cccc1Cl)N1CCNCC1.Cl.Cl. The summed E-state index contributed by atoms with van der Waals surface area (Å²) in [6.07, 6.45) is 2.30. The molecule has 22 heavy (non-hydrogen) atoms. The summed E-state index contributed by atoms with van der Waals surface area (Å²) in [5.74, 6) is 0.696. The third kappa shape index (κ3) is 6.07. The molecule has 1 aliphatic rings. The lowest BCUT2D eigenvalue weighted by molar-refractivity contribution is 0.160. The second kappa shape index (κ2) is 11.0. The van der Waals surface area contributed by atoms with E-state index in [-0.39, 0.29) is 24.8 Å². The van der Waals surface area contributed by atoms with Gasteiger partial charge in [-0.05, 0) is 30.9 Å². The Morgan fingerprint density at radius 1 is 1.05 bits per heavy atom. The average Bonchev–Trinajstić information content (AvgIpc) is 2.42. The van der Waals surface area contributed by atoms with Crippen molar-refractivity contribution in [2.45, 2.75) is 32.7 Å². The van der Waals surface area contributed by atoms with Gasteiger partial charge in [0.2, 0.25) is 0 Å². The van der Waals surface area contributed by atoms with Crippen LogP contribution >= 0.6 is 48.0 Å². The van der Waals surface area contributed by atoms with Gasteiger partial charge in [-0.2, -0.15) is 0 Å². The number of rotatable bonds is 5. The predicted octanol–water partition coefficient (Wildman–Crippen LogP) is 5.22. The number of piperazine rings is 1. The highest BCUT2D eigenvalue weighted by Gasteiger charge is 2.25. The van der Waals surface area contributed by atoms with Crippen molar-refractivity contribution < 1.29 is 0 Å². The van der Waals surface area contributed by atoms with Crippen molar-refractivity contribution in [3.8, 4) is 0 Å². The molecule has 1 atom stereocenters. The van der Waals surface area contributed by atoms with E-state index in [2.05, 4.69) is 24.1 Å². The van der Waals surface area contributed by atoms with Gasteiger partial charge in [-0.3, -0.25) is 4.90 Å². The van der Waals surface area contributed by atoms with Crippen LogP contribution in [0.15, 0.2) is 18.2 Å². The van der Waals surface area contributed by atoms with Gasteiger partial charge in [-0.1, -0.05) is 43.1 Å². The highest BCUT2D eigenvalue weighted by atomic mass is 35.5. The van der Waals surface area contributed by atoms with Gasteiger partial charge in [0, 0.05) is 47.8 Å². The van der Waals surface area contributed by atoms with E-state index in [0.717, 1.165) is 48.2 Å². The molecule has 6 heteroatoms. The first-order chi connectivity index (χ1) is 9.59. The molecule has 0 amide bonds. The van der Waals surface area contributed by atoms with E-state index in [1.54, 1.807) is 0 Å². The van der Waals surface area contributed by atoms with Crippen LogP contribution in [0, 0.1) is 5.92 Å². The van der Waals surface area contributed by atoms with E-state index in [1.165, 1.54) is 6.42 Å². The summed E-state index contributed by atoms with van der Waals surface area (Å²) in [7, 11) is 0. The molecule has 1 aliphatic heterocycles. The van der Waals surface area contributed by atoms with Gasteiger partial charge >= 0.3 is 0 Å². The van der Waals surface area contributed by atoms with E-state index < -0.39 is 0 Å². The van der Waals surface area contributed by atoms with Crippen LogP contribution in [0.5, 0.6) is 0 Å². The number of halogens is 4. The first-order valence-electron chi connectivity index (χ1n) is 7.48. The first kappa shape index (κ1) is 22.3. The summed E-state index contributed by atoms with van der Waals surface area (Å²) >= 11 is 12.9. The standard InChI is InChI=1S/C16H24Cl2N2.2ClH/c1-12(2)6-7-15(20-10-8-19-9-11-20)16-13(17)4-3-5-14(16)18;;/h3-5,12,15,19H,6-11H2,1-2H3;2*1H/t15-;;/m1../s1. The molecule has 1 fully saturated rings. The maximum absolute atomic E-state index is 6.43. The van der Waals surface area contributed by atoms with E-state index in [9.17, 15) is 0 Å². The van der Waals surface area contributed by atoms with Gasteiger partial charge < -0.3 is 5.32 Å². The van der Waals surface area contributed by atoms with E-state index in [4.69, 9.17) is 23.2 Å². The smallest absolute Gasteiger partial charge is 0.0468 e. The fraction of sp³-hybridized carbons (Fsp3) is 0.625. The second-order valence-electron chi connectivity index (χ2n) is 5.91. The largest absolute Gasteiger partial charge is 0.314 e. The Labute approximate surface area is 156 Å². The maximum atomic E-state index is 6.43. The molecule has 1 heterocycles. The Morgan fingerprint density at radius 3 is 2.09 bits per heavy atom. The predicted molar refractivity (Wildman–Crippen MR) is 102 cm³/mol. The van der Waals surface area contributed by atoms with Crippen molar-refractivity contribution in [3.63, 3.8) is 0 Å². The van der Waals surface area contributed by atoms with Crippen LogP contribution < -0.4 is 5.32 Å². The monoisotopic (exact) mass is 386 g/mol. The average molecular weight is 388 g/mol. The third-order valence-corrected chi connectivity index (χ3v) is 4.60. The zero-order chi connectivity index (χ0) is 14.5. The Bertz CT molecular complexity index is 414. The topological polar surface area (TPSA) is 15.3 Å². The molecule has 0 unspecified atom stereocenters. The molecular weight excluding hydrogens is 362 g/mol. The first-order valence-corrected chi connectivity index (χ1v) is 8.24. The van der Waals surface area contributed by atoms with Crippen LogP contribution in [0.3, 0.4) is 0 Å². The second-order valence-corrected chi connectivity index (χ2v) is 6.72. The maximum Gasteiger partial charge on any atom is 0.0468 e. The van der Waals surface area contributed by atoms with Crippen molar-refractivity contribution in [2.24, 2.45) is 5.92 Å². The highest BCUT2D eigenvalue weighted by molar-refractivity contribution is 6.36. The van der Waals surface area contributed by atoms with Gasteiger partial charge in [-0.25, -0.2) is 0 Å². The molecule has 0 bridgehead atoms. The van der Waals surface area contributed by atoms with Crippen LogP contribution in [-0.4, -0.2) is 31.1 Å². The lowest BCUT2D eigenvalue weighted by atomic mass is 9.95. The molecule has 0 spiro atoms. The van der Waals surface area contributed by atoms with Gasteiger partial charge in [0.05, 0.1) is 0 Å². The third-order valence-electron chi connectivity index (χ3n) is 3.94. The van der Waals surface area contributed by atoms with Crippen molar-refractivity contribution in [2.75, 3.05) is 26.2 Å². The van der Waals surface area contributed by atoms with Crippen LogP contribution in [0.1, 0.15) is 38.3 Å². The number of hydrogen-bond donors (Lipinski definition) is 1. The normalized spacial score (nSPS) is 16.8. The van der Waals surface area contributed by atoms with Crippen LogP contribution in [0.4, 0.5) is 0 Å². The summed E-state index contributed by atoms with van der Waals surface area (Å²) in [4.78, 5) is 2.52. The summed E-state index contributed by atoms with van der Waals surface area (Å²) in [6, 6.07) is 6.16. The van der Waals surface area contributed by atoms with Crippen molar-refractivity contribution in [1.82, 2.24) is 10.2 Å². The Balaban J connectivity index is 0.00000220. The quantitative estimate of drug-likeness (QED) is 0.744. The molecule has 0 saturated carbocycles. The Kier molecular flexibility index (Phi) is 11.1. The Morgan fingerprint density at radius 2 is 1.59 bits per heavy atom. The zero-order valence-corrected chi connectivity index (χ0v) is 16.3. The molecule has 128 valence electrons. The van der Waals surface area contributed by atoms with Gasteiger partial charge in [-0.15, -0.1) is 24.8 Å². The lowest BCUT2D eigenvalue weighted by Crippen LogP contribution is -2.45. The van der Waals surface area contributed by atoms with Crippen LogP contribution in [0.25, 0.3) is 0 Å². The number of nitrogens with zero attached hydrogens (tertiary/aromatic N) is 1. The molecular formula is C16H26Cl4N2. The molecule has 2 rings (SSSR count). The summed E-state index contributed by atoms with van der Waals surface area (Å²) in [5, 5.41) is 5.00. The minimum Gasteiger partial charge on any atom is -0.314 e. The molecule has 1 saturated heterocycles. The van der Waals surface area contributed by atoms with Crippen molar-refractivity contribution in [1.29, 1.82) is 0 Å². The minimum absolute atomic E-state index is 0. The van der Waals surface area contributed by atoms with E-state index in [0.29, 0.717) is 12.0 Å². The van der Waals surface area contributed by atoms with Gasteiger partial charge in [0.1, 0.15) is 0 Å². The molecule has 2 nitrogen and oxygen atoms in total. The minimum atomic E-state index is 0. The number of nitrogens with one attached hydrogen (secondary N) is 1. The number of hydrogen-bond acceptors (Lipinski definition) is 2. The summed E-state index contributed by atoms with van der Waals surface area (Å²) < 4.78 is 0. The highest BCUT2D eigenvalue weighted by Crippen LogP contribution is 2.37. The van der Waals surface area contributed by atoms with Crippen LogP contribution in [0.2, 0.25) is 10.0 Å². The van der Waals surface area contributed by atoms with Crippen LogP contribution in [-0.2, 0) is 0 Å². The molecule has 0 radical (unpaired) electrons. The fourth-order valence-electron chi connectivity index (χ4n) is 2.82. The van der Waals surface area contributed by atoms with Gasteiger partial charge in [0.15, 0.2) is 0 Å². The van der Waals surface area contributed by atoms with Crippen molar-refractivity contribution in [3.05, 3.63) is 33.8 Å². The van der Waals surface area contributed by atoms with E-state index in [1.807, 2.05) is 18.2 Å². The zero-order valence-electron chi connectivity index (χ0n) is 13.1. The molecule has 1 aromatic rings. The summed E-state index contributed by atoms with van der Waals surface area (Å²) in [6.45, 7) is 8.74. The summed E-state index contributed by atoms with van der Waals surface area (Å²) in [5.41, 5.74) is 1.11. The molecule has 1 aromatic carbocycles.